The zero-order valence-electron chi connectivity index (χ0n) is 22.5. The van der Waals surface area contributed by atoms with Crippen molar-refractivity contribution in [3.63, 3.8) is 0 Å². The van der Waals surface area contributed by atoms with Gasteiger partial charge in [0.2, 0.25) is 0 Å². The fourth-order valence-electron chi connectivity index (χ4n) is 5.66. The zero-order valence-corrected chi connectivity index (χ0v) is 22.5. The van der Waals surface area contributed by atoms with Crippen LogP contribution < -0.4 is 10.2 Å². The number of likely N-dealkylation sites (tertiary alicyclic amines) is 1. The Morgan fingerprint density at radius 2 is 1.85 bits per heavy atom. The van der Waals surface area contributed by atoms with Crippen molar-refractivity contribution in [1.29, 1.82) is 0 Å². The SMILES string of the molecule is CN1CCN(c2nn(CC(C)(C)F)c3cc(-c4[nH]ncc4NC(=O)N4CC(F)(F)CCC45CC5)ncc23)CC1. The molecular formula is C26H34F3N9O. The van der Waals surface area contributed by atoms with Crippen LogP contribution >= 0.6 is 0 Å². The van der Waals surface area contributed by atoms with Crippen molar-refractivity contribution in [3.8, 4) is 11.4 Å². The van der Waals surface area contributed by atoms with Crippen molar-refractivity contribution in [3.05, 3.63) is 18.5 Å². The quantitative estimate of drug-likeness (QED) is 0.501. The fraction of sp³-hybridized carbons (Fsp3) is 0.615. The second-order valence-electron chi connectivity index (χ2n) is 11.8. The van der Waals surface area contributed by atoms with Crippen molar-refractivity contribution in [2.75, 3.05) is 50.0 Å². The Hall–Kier alpha value is -3.35. The second-order valence-corrected chi connectivity index (χ2v) is 11.8. The maximum atomic E-state index is 14.8. The largest absolute Gasteiger partial charge is 0.352 e. The van der Waals surface area contributed by atoms with Gasteiger partial charge in [0.15, 0.2) is 5.82 Å². The molecule has 10 nitrogen and oxygen atoms in total. The number of fused-ring (bicyclic) bond motifs is 1. The highest BCUT2D eigenvalue weighted by Gasteiger charge is 2.57. The summed E-state index contributed by atoms with van der Waals surface area (Å²) in [5.41, 5.74) is -0.00948. The molecule has 1 aliphatic carbocycles. The lowest BCUT2D eigenvalue weighted by Gasteiger charge is -2.40. The summed E-state index contributed by atoms with van der Waals surface area (Å²) in [6, 6.07) is 1.23. The number of carbonyl (C=O) groups excluding carboxylic acids is 1. The average Bonchev–Trinajstić information content (AvgIpc) is 3.36. The smallest absolute Gasteiger partial charge is 0.322 e. The number of carbonyl (C=O) groups is 1. The molecule has 0 bridgehead atoms. The molecule has 2 aliphatic heterocycles. The first-order valence-electron chi connectivity index (χ1n) is 13.4. The lowest BCUT2D eigenvalue weighted by Crippen LogP contribution is -2.54. The van der Waals surface area contributed by atoms with E-state index >= 15 is 0 Å². The number of pyridine rings is 1. The van der Waals surface area contributed by atoms with Crippen molar-refractivity contribution < 1.29 is 18.0 Å². The summed E-state index contributed by atoms with van der Waals surface area (Å²) in [6.45, 7) is 5.89. The van der Waals surface area contributed by atoms with E-state index in [1.807, 2.05) is 0 Å². The van der Waals surface area contributed by atoms with Crippen LogP contribution in [0.2, 0.25) is 0 Å². The van der Waals surface area contributed by atoms with Gasteiger partial charge in [-0.3, -0.25) is 14.8 Å². The molecule has 3 aromatic rings. The van der Waals surface area contributed by atoms with E-state index in [9.17, 15) is 18.0 Å². The maximum Gasteiger partial charge on any atom is 0.322 e. The van der Waals surface area contributed by atoms with Crippen LogP contribution in [0, 0.1) is 0 Å². The number of piperidine rings is 1. The Morgan fingerprint density at radius 1 is 1.13 bits per heavy atom. The topological polar surface area (TPSA) is 98.2 Å². The Labute approximate surface area is 224 Å². The van der Waals surface area contributed by atoms with Gasteiger partial charge >= 0.3 is 6.03 Å². The summed E-state index contributed by atoms with van der Waals surface area (Å²) in [5.74, 6) is -2.14. The van der Waals surface area contributed by atoms with Crippen molar-refractivity contribution in [1.82, 2.24) is 34.8 Å². The molecule has 2 saturated heterocycles. The molecule has 3 aromatic heterocycles. The molecule has 3 aliphatic rings. The standard InChI is InChI=1S/C26H34F3N9O/c1-24(2,27)15-38-20-12-18(30-13-17(20)22(34-38)36-10-8-35(3)9-11-36)21-19(14-31-33-21)32-23(39)37-16-26(28,29)7-6-25(37)4-5-25/h12-14H,4-11,15-16H2,1-3H3,(H,31,33)(H,32,39). The number of nitrogens with zero attached hydrogens (tertiary/aromatic N) is 7. The predicted octanol–water partition coefficient (Wildman–Crippen LogP) is 4.12. The van der Waals surface area contributed by atoms with Crippen LogP contribution in [-0.4, -0.2) is 97.7 Å². The number of likely N-dealkylation sites (N-methyl/N-ethyl adjacent to an activating group) is 1. The van der Waals surface area contributed by atoms with Gasteiger partial charge in [0.05, 0.1) is 41.6 Å². The molecule has 6 rings (SSSR count). The minimum absolute atomic E-state index is 0.0541. The number of urea groups is 1. The highest BCUT2D eigenvalue weighted by atomic mass is 19.3. The molecule has 39 heavy (non-hydrogen) atoms. The number of halogens is 3. The first-order chi connectivity index (χ1) is 18.4. The third-order valence-electron chi connectivity index (χ3n) is 8.07. The average molecular weight is 546 g/mol. The Balaban J connectivity index is 1.31. The highest BCUT2D eigenvalue weighted by Crippen LogP contribution is 2.51. The predicted molar refractivity (Wildman–Crippen MR) is 142 cm³/mol. The number of alkyl halides is 3. The van der Waals surface area contributed by atoms with Gasteiger partial charge in [-0.05, 0) is 46.2 Å². The monoisotopic (exact) mass is 545 g/mol. The van der Waals surface area contributed by atoms with Gasteiger partial charge in [-0.2, -0.15) is 10.2 Å². The molecule has 2 N–H and O–H groups in total. The van der Waals surface area contributed by atoms with E-state index in [4.69, 9.17) is 5.10 Å². The summed E-state index contributed by atoms with van der Waals surface area (Å²) >= 11 is 0. The molecule has 1 saturated carbocycles. The summed E-state index contributed by atoms with van der Waals surface area (Å²) in [4.78, 5) is 23.5. The lowest BCUT2D eigenvalue weighted by atomic mass is 9.97. The highest BCUT2D eigenvalue weighted by molar-refractivity contribution is 5.96. The first kappa shape index (κ1) is 25.9. The van der Waals surface area contributed by atoms with Gasteiger partial charge in [0.1, 0.15) is 11.4 Å². The van der Waals surface area contributed by atoms with E-state index in [0.29, 0.717) is 29.0 Å². The van der Waals surface area contributed by atoms with Crippen LogP contribution in [0.1, 0.15) is 39.5 Å². The minimum atomic E-state index is -2.90. The summed E-state index contributed by atoms with van der Waals surface area (Å²) < 4.78 is 44.8. The van der Waals surface area contributed by atoms with Crippen molar-refractivity contribution in [2.45, 2.75) is 63.2 Å². The first-order valence-corrected chi connectivity index (χ1v) is 13.4. The molecule has 2 amide bonds. The molecule has 210 valence electrons. The molecule has 5 heterocycles. The molecule has 0 unspecified atom stereocenters. The van der Waals surface area contributed by atoms with Gasteiger partial charge in [-0.25, -0.2) is 18.0 Å². The third-order valence-corrected chi connectivity index (χ3v) is 8.07. The van der Waals surface area contributed by atoms with Crippen LogP contribution in [-0.2, 0) is 6.54 Å². The fourth-order valence-corrected chi connectivity index (χ4v) is 5.66. The molecule has 0 aromatic carbocycles. The van der Waals surface area contributed by atoms with E-state index in [1.165, 1.54) is 24.9 Å². The summed E-state index contributed by atoms with van der Waals surface area (Å²) in [5, 5.41) is 15.3. The lowest BCUT2D eigenvalue weighted by molar-refractivity contribution is -0.0721. The number of rotatable bonds is 5. The van der Waals surface area contributed by atoms with Crippen molar-refractivity contribution >= 4 is 28.4 Å². The summed E-state index contributed by atoms with van der Waals surface area (Å²) in [7, 11) is 2.08. The molecule has 3 fully saturated rings. The van der Waals surface area contributed by atoms with Crippen LogP contribution in [0.15, 0.2) is 18.5 Å². The third kappa shape index (κ3) is 5.04. The molecule has 1 spiro atoms. The van der Waals surface area contributed by atoms with Gasteiger partial charge in [-0.1, -0.05) is 0 Å². The number of amides is 2. The summed E-state index contributed by atoms with van der Waals surface area (Å²) in [6.07, 6.45) is 4.73. The second kappa shape index (κ2) is 9.10. The number of piperazine rings is 1. The van der Waals surface area contributed by atoms with Gasteiger partial charge in [0, 0.05) is 44.3 Å². The van der Waals surface area contributed by atoms with Gasteiger partial charge in [0.25, 0.3) is 5.92 Å². The number of H-pyrrole nitrogens is 1. The van der Waals surface area contributed by atoms with Gasteiger partial charge in [-0.15, -0.1) is 0 Å². The Kier molecular flexibility index (Phi) is 6.05. The number of anilines is 2. The van der Waals surface area contributed by atoms with Crippen LogP contribution in [0.25, 0.3) is 22.3 Å². The van der Waals surface area contributed by atoms with Crippen LogP contribution in [0.4, 0.5) is 29.5 Å². The van der Waals surface area contributed by atoms with Crippen LogP contribution in [0.5, 0.6) is 0 Å². The number of hydrogen-bond donors (Lipinski definition) is 2. The molecule has 13 heteroatoms. The van der Waals surface area contributed by atoms with E-state index < -0.39 is 29.7 Å². The number of nitrogens with one attached hydrogen (secondary N) is 2. The Morgan fingerprint density at radius 3 is 2.54 bits per heavy atom. The van der Waals surface area contributed by atoms with E-state index in [0.717, 1.165) is 50.2 Å². The maximum absolute atomic E-state index is 14.8. The normalized spacial score (nSPS) is 21.1. The van der Waals surface area contributed by atoms with Gasteiger partial charge < -0.3 is 20.0 Å². The van der Waals surface area contributed by atoms with Crippen LogP contribution in [0.3, 0.4) is 0 Å². The minimum Gasteiger partial charge on any atom is -0.352 e. The molecule has 0 atom stereocenters. The van der Waals surface area contributed by atoms with Crippen molar-refractivity contribution in [2.24, 2.45) is 0 Å². The number of hydrogen-bond acceptors (Lipinski definition) is 6. The van der Waals surface area contributed by atoms with E-state index in [1.54, 1.807) is 16.9 Å². The van der Waals surface area contributed by atoms with E-state index in [-0.39, 0.29) is 13.0 Å². The molecular weight excluding hydrogens is 511 g/mol. The zero-order chi connectivity index (χ0) is 27.6. The number of aromatic amines is 1. The van der Waals surface area contributed by atoms with E-state index in [2.05, 4.69) is 37.3 Å². The Bertz CT molecular complexity index is 1380. The molecule has 0 radical (unpaired) electrons. The number of aromatic nitrogens is 5.